The summed E-state index contributed by atoms with van der Waals surface area (Å²) in [6.07, 6.45) is 4.33. The third-order valence-electron chi connectivity index (χ3n) is 3.13. The molecule has 0 heterocycles. The quantitative estimate of drug-likeness (QED) is 0.778. The number of nitrogens with one attached hydrogen (secondary N) is 1. The van der Waals surface area contributed by atoms with Crippen LogP contribution in [0.4, 0.5) is 0 Å². The van der Waals surface area contributed by atoms with E-state index in [1.165, 1.54) is 12.8 Å². The summed E-state index contributed by atoms with van der Waals surface area (Å²) in [5.41, 5.74) is 0.489. The lowest BCUT2D eigenvalue weighted by Gasteiger charge is -2.18. The fourth-order valence-corrected chi connectivity index (χ4v) is 2.96. The molecule has 0 amide bonds. The molecule has 1 fully saturated rings. The Morgan fingerprint density at radius 2 is 2.07 bits per heavy atom. The van der Waals surface area contributed by atoms with Crippen molar-refractivity contribution in [2.75, 3.05) is 18.6 Å². The minimum atomic E-state index is -0.658. The predicted molar refractivity (Wildman–Crippen MR) is 62.9 cm³/mol. The molecule has 1 N–H and O–H groups in total. The molecule has 0 radical (unpaired) electrons. The van der Waals surface area contributed by atoms with Crippen molar-refractivity contribution >= 4 is 10.8 Å². The SMILES string of the molecule is CC1CC(C)(C)CC1NCCS(C)=O. The van der Waals surface area contributed by atoms with Crippen molar-refractivity contribution in [2.24, 2.45) is 11.3 Å². The van der Waals surface area contributed by atoms with E-state index in [-0.39, 0.29) is 0 Å². The average Bonchev–Trinajstić information content (AvgIpc) is 2.24. The second-order valence-electron chi connectivity index (χ2n) is 5.39. The van der Waals surface area contributed by atoms with Crippen molar-refractivity contribution in [1.29, 1.82) is 0 Å². The van der Waals surface area contributed by atoms with Gasteiger partial charge in [0.1, 0.15) is 0 Å². The zero-order valence-corrected chi connectivity index (χ0v) is 10.6. The fraction of sp³-hybridized carbons (Fsp3) is 1.00. The van der Waals surface area contributed by atoms with Gasteiger partial charge in [0.15, 0.2) is 0 Å². The highest BCUT2D eigenvalue weighted by Crippen LogP contribution is 2.40. The summed E-state index contributed by atoms with van der Waals surface area (Å²) in [4.78, 5) is 0. The molecule has 2 nitrogen and oxygen atoms in total. The van der Waals surface area contributed by atoms with Crippen molar-refractivity contribution in [3.8, 4) is 0 Å². The predicted octanol–water partition coefficient (Wildman–Crippen LogP) is 1.78. The monoisotopic (exact) mass is 217 g/mol. The minimum Gasteiger partial charge on any atom is -0.313 e. The van der Waals surface area contributed by atoms with Crippen LogP contribution in [0.25, 0.3) is 0 Å². The van der Waals surface area contributed by atoms with Gasteiger partial charge in [-0.2, -0.15) is 0 Å². The van der Waals surface area contributed by atoms with Crippen LogP contribution in [-0.4, -0.2) is 28.8 Å². The molecular formula is C11H23NOS. The number of rotatable bonds is 4. The van der Waals surface area contributed by atoms with E-state index in [1.54, 1.807) is 6.26 Å². The van der Waals surface area contributed by atoms with Gasteiger partial charge in [0.2, 0.25) is 0 Å². The lowest BCUT2D eigenvalue weighted by Crippen LogP contribution is -2.34. The highest BCUT2D eigenvalue weighted by molar-refractivity contribution is 7.84. The summed E-state index contributed by atoms with van der Waals surface area (Å²) in [5.74, 6) is 1.54. The molecule has 0 bridgehead atoms. The average molecular weight is 217 g/mol. The zero-order chi connectivity index (χ0) is 10.8. The molecule has 84 valence electrons. The topological polar surface area (TPSA) is 29.1 Å². The van der Waals surface area contributed by atoms with Gasteiger partial charge in [-0.1, -0.05) is 20.8 Å². The molecule has 0 aliphatic heterocycles. The van der Waals surface area contributed by atoms with E-state index in [2.05, 4.69) is 26.1 Å². The van der Waals surface area contributed by atoms with Crippen molar-refractivity contribution in [2.45, 2.75) is 39.7 Å². The van der Waals surface area contributed by atoms with Gasteiger partial charge in [0.25, 0.3) is 0 Å². The summed E-state index contributed by atoms with van der Waals surface area (Å²) in [6, 6.07) is 0.633. The van der Waals surface area contributed by atoms with E-state index in [9.17, 15) is 4.21 Å². The summed E-state index contributed by atoms with van der Waals surface area (Å²) in [6.45, 7) is 7.88. The Morgan fingerprint density at radius 1 is 1.43 bits per heavy atom. The molecule has 1 saturated carbocycles. The first kappa shape index (κ1) is 12.2. The molecule has 0 aromatic heterocycles. The van der Waals surface area contributed by atoms with E-state index in [4.69, 9.17) is 0 Å². The Balaban J connectivity index is 2.29. The van der Waals surface area contributed by atoms with Crippen LogP contribution in [0.15, 0.2) is 0 Å². The lowest BCUT2D eigenvalue weighted by molar-refractivity contribution is 0.363. The van der Waals surface area contributed by atoms with Crippen LogP contribution in [0, 0.1) is 11.3 Å². The Bertz CT molecular complexity index is 215. The van der Waals surface area contributed by atoms with E-state index < -0.39 is 10.8 Å². The number of hydrogen-bond acceptors (Lipinski definition) is 2. The Kier molecular flexibility index (Phi) is 4.14. The summed E-state index contributed by atoms with van der Waals surface area (Å²) in [7, 11) is -0.658. The molecule has 1 aliphatic carbocycles. The number of hydrogen-bond donors (Lipinski definition) is 1. The lowest BCUT2D eigenvalue weighted by atomic mass is 9.91. The van der Waals surface area contributed by atoms with Gasteiger partial charge in [0, 0.05) is 35.4 Å². The molecule has 0 aromatic carbocycles. The molecule has 3 heteroatoms. The van der Waals surface area contributed by atoms with Gasteiger partial charge in [-0.05, 0) is 24.2 Å². The molecular weight excluding hydrogens is 194 g/mol. The first-order chi connectivity index (χ1) is 6.41. The van der Waals surface area contributed by atoms with Crippen molar-refractivity contribution in [3.05, 3.63) is 0 Å². The van der Waals surface area contributed by atoms with Crippen LogP contribution in [-0.2, 0) is 10.8 Å². The van der Waals surface area contributed by atoms with Gasteiger partial charge in [-0.25, -0.2) is 0 Å². The van der Waals surface area contributed by atoms with Crippen LogP contribution in [0.5, 0.6) is 0 Å². The van der Waals surface area contributed by atoms with Gasteiger partial charge in [0.05, 0.1) is 0 Å². The largest absolute Gasteiger partial charge is 0.313 e. The van der Waals surface area contributed by atoms with E-state index in [0.29, 0.717) is 11.5 Å². The molecule has 14 heavy (non-hydrogen) atoms. The van der Waals surface area contributed by atoms with Crippen molar-refractivity contribution in [1.82, 2.24) is 5.32 Å². The molecule has 1 aliphatic rings. The minimum absolute atomic E-state index is 0.489. The van der Waals surface area contributed by atoms with Gasteiger partial charge in [-0.15, -0.1) is 0 Å². The smallest absolute Gasteiger partial charge is 0.0357 e. The van der Waals surface area contributed by atoms with Crippen molar-refractivity contribution < 1.29 is 4.21 Å². The summed E-state index contributed by atoms with van der Waals surface area (Å²) >= 11 is 0. The van der Waals surface area contributed by atoms with Gasteiger partial charge < -0.3 is 5.32 Å². The van der Waals surface area contributed by atoms with Gasteiger partial charge >= 0.3 is 0 Å². The molecule has 0 spiro atoms. The standard InChI is InChI=1S/C11H23NOS/c1-9-7-11(2,3)8-10(9)12-5-6-14(4)13/h9-10,12H,5-8H2,1-4H3. The molecule has 0 aromatic rings. The van der Waals surface area contributed by atoms with Crippen LogP contribution in [0.2, 0.25) is 0 Å². The van der Waals surface area contributed by atoms with Crippen LogP contribution < -0.4 is 5.32 Å². The Hall–Kier alpha value is 0.110. The van der Waals surface area contributed by atoms with Crippen molar-refractivity contribution in [3.63, 3.8) is 0 Å². The van der Waals surface area contributed by atoms with Crippen LogP contribution >= 0.6 is 0 Å². The fourth-order valence-electron chi connectivity index (χ4n) is 2.56. The Labute approximate surface area is 90.3 Å². The molecule has 1 rings (SSSR count). The second-order valence-corrected chi connectivity index (χ2v) is 6.94. The maximum absolute atomic E-state index is 10.9. The normalized spacial score (nSPS) is 33.1. The Morgan fingerprint density at radius 3 is 2.50 bits per heavy atom. The maximum Gasteiger partial charge on any atom is 0.0357 e. The summed E-state index contributed by atoms with van der Waals surface area (Å²) < 4.78 is 10.9. The first-order valence-corrected chi connectivity index (χ1v) is 7.17. The second kappa shape index (κ2) is 4.75. The van der Waals surface area contributed by atoms with E-state index in [0.717, 1.165) is 18.2 Å². The third kappa shape index (κ3) is 3.70. The highest BCUT2D eigenvalue weighted by atomic mass is 32.2. The van der Waals surface area contributed by atoms with Crippen LogP contribution in [0.3, 0.4) is 0 Å². The van der Waals surface area contributed by atoms with Crippen LogP contribution in [0.1, 0.15) is 33.6 Å². The van der Waals surface area contributed by atoms with E-state index >= 15 is 0 Å². The highest BCUT2D eigenvalue weighted by Gasteiger charge is 2.35. The molecule has 3 atom stereocenters. The van der Waals surface area contributed by atoms with E-state index in [1.807, 2.05) is 0 Å². The zero-order valence-electron chi connectivity index (χ0n) is 9.80. The summed E-state index contributed by atoms with van der Waals surface area (Å²) in [5, 5.41) is 3.53. The molecule has 0 saturated heterocycles. The third-order valence-corrected chi connectivity index (χ3v) is 3.91. The first-order valence-electron chi connectivity index (χ1n) is 5.44. The maximum atomic E-state index is 10.9. The molecule has 3 unspecified atom stereocenters. The van der Waals surface area contributed by atoms with Gasteiger partial charge in [-0.3, -0.25) is 4.21 Å².